The van der Waals surface area contributed by atoms with E-state index in [9.17, 15) is 23.0 Å². The standard InChI is InChI=1S/C11H8BrFN4O4S/c12-10-5-1-9(19)6(13)2-7(5)17(8(10)3-18)22(20,21)11-14-4-15-16-11/h1-2,4,18-19H,3H2,(H,14,15,16). The summed E-state index contributed by atoms with van der Waals surface area (Å²) in [5.74, 6) is -1.62. The van der Waals surface area contributed by atoms with Gasteiger partial charge in [-0.05, 0) is 22.0 Å². The van der Waals surface area contributed by atoms with Crippen LogP contribution in [0.15, 0.2) is 28.1 Å². The van der Waals surface area contributed by atoms with Crippen molar-refractivity contribution in [2.24, 2.45) is 0 Å². The fourth-order valence-corrected chi connectivity index (χ4v) is 4.21. The number of fused-ring (bicyclic) bond motifs is 1. The van der Waals surface area contributed by atoms with Gasteiger partial charge in [0, 0.05) is 11.5 Å². The predicted molar refractivity (Wildman–Crippen MR) is 76.2 cm³/mol. The van der Waals surface area contributed by atoms with Crippen molar-refractivity contribution in [1.29, 1.82) is 0 Å². The topological polar surface area (TPSA) is 121 Å². The highest BCUT2D eigenvalue weighted by Gasteiger charge is 2.28. The number of aromatic amines is 1. The highest BCUT2D eigenvalue weighted by molar-refractivity contribution is 9.10. The molecule has 3 N–H and O–H groups in total. The molecule has 0 bridgehead atoms. The molecule has 0 radical (unpaired) electrons. The lowest BCUT2D eigenvalue weighted by atomic mass is 10.2. The van der Waals surface area contributed by atoms with Crippen molar-refractivity contribution < 1.29 is 23.0 Å². The van der Waals surface area contributed by atoms with Crippen LogP contribution in [0.1, 0.15) is 5.69 Å². The van der Waals surface area contributed by atoms with E-state index in [-0.39, 0.29) is 21.1 Å². The second-order valence-electron chi connectivity index (χ2n) is 4.30. The van der Waals surface area contributed by atoms with Crippen molar-refractivity contribution in [2.45, 2.75) is 11.8 Å². The lowest BCUT2D eigenvalue weighted by Gasteiger charge is -2.08. The molecule has 0 amide bonds. The summed E-state index contributed by atoms with van der Waals surface area (Å²) in [7, 11) is -4.22. The number of H-pyrrole nitrogens is 1. The molecule has 0 aliphatic heterocycles. The van der Waals surface area contributed by atoms with E-state index in [2.05, 4.69) is 31.1 Å². The molecule has 0 saturated carbocycles. The second kappa shape index (κ2) is 5.04. The lowest BCUT2D eigenvalue weighted by Crippen LogP contribution is -2.17. The zero-order valence-electron chi connectivity index (χ0n) is 10.7. The number of hydrogen-bond donors (Lipinski definition) is 3. The van der Waals surface area contributed by atoms with Crippen molar-refractivity contribution in [3.63, 3.8) is 0 Å². The van der Waals surface area contributed by atoms with Gasteiger partial charge in [-0.2, -0.15) is 13.5 Å². The van der Waals surface area contributed by atoms with Gasteiger partial charge in [-0.15, -0.1) is 0 Å². The molecular weight excluding hydrogens is 383 g/mol. The van der Waals surface area contributed by atoms with Gasteiger partial charge in [0.05, 0.1) is 22.3 Å². The first-order chi connectivity index (χ1) is 10.4. The van der Waals surface area contributed by atoms with Crippen LogP contribution in [0.4, 0.5) is 4.39 Å². The molecule has 11 heteroatoms. The summed E-state index contributed by atoms with van der Waals surface area (Å²) in [6, 6.07) is 1.93. The van der Waals surface area contributed by atoms with Crippen LogP contribution in [0.5, 0.6) is 5.75 Å². The molecular formula is C11H8BrFN4O4S. The molecule has 116 valence electrons. The minimum absolute atomic E-state index is 0.0311. The maximum Gasteiger partial charge on any atom is 0.303 e. The fourth-order valence-electron chi connectivity index (χ4n) is 2.10. The summed E-state index contributed by atoms with van der Waals surface area (Å²) in [5.41, 5.74) is -0.0842. The zero-order valence-corrected chi connectivity index (χ0v) is 13.1. The molecule has 0 saturated heterocycles. The van der Waals surface area contributed by atoms with Gasteiger partial charge in [0.1, 0.15) is 6.33 Å². The summed E-state index contributed by atoms with van der Waals surface area (Å²) >= 11 is 3.15. The van der Waals surface area contributed by atoms with Gasteiger partial charge in [-0.25, -0.2) is 18.4 Å². The second-order valence-corrected chi connectivity index (χ2v) is 6.79. The van der Waals surface area contributed by atoms with E-state index >= 15 is 0 Å². The number of rotatable bonds is 3. The lowest BCUT2D eigenvalue weighted by molar-refractivity contribution is 0.275. The molecule has 3 rings (SSSR count). The van der Waals surface area contributed by atoms with E-state index in [1.54, 1.807) is 0 Å². The van der Waals surface area contributed by atoms with Crippen molar-refractivity contribution >= 4 is 36.9 Å². The van der Waals surface area contributed by atoms with Crippen molar-refractivity contribution in [1.82, 2.24) is 19.2 Å². The minimum atomic E-state index is -4.22. The monoisotopic (exact) mass is 390 g/mol. The predicted octanol–water partition coefficient (Wildman–Crippen LogP) is 1.10. The smallest absolute Gasteiger partial charge is 0.303 e. The van der Waals surface area contributed by atoms with Crippen LogP contribution in [0.3, 0.4) is 0 Å². The van der Waals surface area contributed by atoms with E-state index in [0.29, 0.717) is 0 Å². The number of aliphatic hydroxyl groups is 1. The summed E-state index contributed by atoms with van der Waals surface area (Å²) < 4.78 is 39.8. The van der Waals surface area contributed by atoms with Crippen LogP contribution in [0, 0.1) is 5.82 Å². The first-order valence-electron chi connectivity index (χ1n) is 5.81. The van der Waals surface area contributed by atoms with Crippen LogP contribution in [0.2, 0.25) is 0 Å². The van der Waals surface area contributed by atoms with Crippen molar-refractivity contribution in [3.05, 3.63) is 34.4 Å². The van der Waals surface area contributed by atoms with E-state index in [4.69, 9.17) is 0 Å². The maximum atomic E-state index is 13.6. The number of aromatic hydroxyl groups is 1. The molecule has 0 atom stereocenters. The third-order valence-electron chi connectivity index (χ3n) is 3.05. The highest BCUT2D eigenvalue weighted by Crippen LogP contribution is 2.36. The Labute approximate surface area is 131 Å². The third kappa shape index (κ3) is 2.01. The Bertz CT molecular complexity index is 968. The highest BCUT2D eigenvalue weighted by atomic mass is 79.9. The molecule has 0 fully saturated rings. The van der Waals surface area contributed by atoms with E-state index in [1.165, 1.54) is 0 Å². The van der Waals surface area contributed by atoms with Gasteiger partial charge in [-0.1, -0.05) is 0 Å². The van der Waals surface area contributed by atoms with Crippen LogP contribution in [-0.4, -0.2) is 37.8 Å². The number of halogens is 2. The Balaban J connectivity index is 2.46. The Hall–Kier alpha value is -1.98. The van der Waals surface area contributed by atoms with E-state index in [1.807, 2.05) is 0 Å². The molecule has 0 unspecified atom stereocenters. The molecule has 2 aromatic heterocycles. The average Bonchev–Trinajstić information content (AvgIpc) is 3.08. The average molecular weight is 391 g/mol. The zero-order chi connectivity index (χ0) is 16.1. The van der Waals surface area contributed by atoms with Crippen LogP contribution >= 0.6 is 15.9 Å². The minimum Gasteiger partial charge on any atom is -0.505 e. The summed E-state index contributed by atoms with van der Waals surface area (Å²) in [5, 5.41) is 24.4. The van der Waals surface area contributed by atoms with Gasteiger partial charge >= 0.3 is 10.0 Å². The van der Waals surface area contributed by atoms with E-state index < -0.39 is 33.4 Å². The van der Waals surface area contributed by atoms with Crippen LogP contribution < -0.4 is 0 Å². The first kappa shape index (κ1) is 14.9. The largest absolute Gasteiger partial charge is 0.505 e. The Morgan fingerprint density at radius 1 is 1.41 bits per heavy atom. The normalized spacial score (nSPS) is 12.1. The van der Waals surface area contributed by atoms with Crippen LogP contribution in [0.25, 0.3) is 10.9 Å². The molecule has 0 aliphatic rings. The molecule has 22 heavy (non-hydrogen) atoms. The van der Waals surface area contributed by atoms with Gasteiger partial charge in [0.15, 0.2) is 11.6 Å². The van der Waals surface area contributed by atoms with E-state index in [0.717, 1.165) is 22.4 Å². The van der Waals surface area contributed by atoms with Gasteiger partial charge < -0.3 is 10.2 Å². The number of nitrogens with zero attached hydrogens (tertiary/aromatic N) is 3. The van der Waals surface area contributed by atoms with Gasteiger partial charge in [0.25, 0.3) is 5.16 Å². The van der Waals surface area contributed by atoms with Gasteiger partial charge in [0.2, 0.25) is 0 Å². The number of benzene rings is 1. The molecule has 1 aromatic carbocycles. The van der Waals surface area contributed by atoms with Crippen molar-refractivity contribution in [3.8, 4) is 5.75 Å². The summed E-state index contributed by atoms with van der Waals surface area (Å²) in [4.78, 5) is 3.58. The SMILES string of the molecule is O=S(=O)(c1ncn[nH]1)n1c(CO)c(Br)c2cc(O)c(F)cc21. The molecule has 8 nitrogen and oxygen atoms in total. The Kier molecular flexibility index (Phi) is 3.42. The quantitative estimate of drug-likeness (QED) is 0.615. The number of hydrogen-bond acceptors (Lipinski definition) is 6. The Morgan fingerprint density at radius 2 is 2.14 bits per heavy atom. The van der Waals surface area contributed by atoms with Gasteiger partial charge in [-0.3, -0.25) is 0 Å². The van der Waals surface area contributed by atoms with Crippen LogP contribution in [-0.2, 0) is 16.6 Å². The molecule has 0 spiro atoms. The molecule has 0 aliphatic carbocycles. The number of phenolic OH excluding ortho intramolecular Hbond substituents is 1. The third-order valence-corrected chi connectivity index (χ3v) is 5.51. The summed E-state index contributed by atoms with van der Waals surface area (Å²) in [6.45, 7) is -0.634. The molecule has 2 heterocycles. The van der Waals surface area contributed by atoms with Crippen molar-refractivity contribution in [2.75, 3.05) is 0 Å². The molecule has 3 aromatic rings. The summed E-state index contributed by atoms with van der Waals surface area (Å²) in [6.07, 6.45) is 1.01. The first-order valence-corrected chi connectivity index (χ1v) is 8.04. The number of phenols is 1. The number of nitrogens with one attached hydrogen (secondary N) is 1. The number of aliphatic hydroxyl groups excluding tert-OH is 1. The fraction of sp³-hybridized carbons (Fsp3) is 0.0909. The maximum absolute atomic E-state index is 13.6. The number of aromatic nitrogens is 4. The Morgan fingerprint density at radius 3 is 2.73 bits per heavy atom.